The highest BCUT2D eigenvalue weighted by Gasteiger charge is 2.19. The van der Waals surface area contributed by atoms with Crippen LogP contribution >= 0.6 is 11.6 Å². The lowest BCUT2D eigenvalue weighted by molar-refractivity contribution is -0.384. The first-order valence-corrected chi connectivity index (χ1v) is 12.5. The van der Waals surface area contributed by atoms with Crippen molar-refractivity contribution in [2.24, 2.45) is 0 Å². The second-order valence-corrected chi connectivity index (χ2v) is 9.20. The molecule has 1 aliphatic rings. The van der Waals surface area contributed by atoms with Crippen LogP contribution in [0.2, 0.25) is 5.02 Å². The highest BCUT2D eigenvalue weighted by atomic mass is 35.5. The fraction of sp³-hybridized carbons (Fsp3) is 0.296. The number of amides is 1. The summed E-state index contributed by atoms with van der Waals surface area (Å²) in [5.74, 6) is 0.172. The lowest BCUT2D eigenvalue weighted by Crippen LogP contribution is -2.46. The zero-order valence-electron chi connectivity index (χ0n) is 20.7. The fourth-order valence-electron chi connectivity index (χ4n) is 4.31. The van der Waals surface area contributed by atoms with Crippen LogP contribution in [0.15, 0.2) is 66.7 Å². The number of halogens is 1. The van der Waals surface area contributed by atoms with E-state index in [-0.39, 0.29) is 11.3 Å². The van der Waals surface area contributed by atoms with Crippen LogP contribution in [0.5, 0.6) is 5.75 Å². The molecular formula is C27H30ClN5O4. The number of methoxy groups -OCH3 is 1. The van der Waals surface area contributed by atoms with Crippen LogP contribution in [0.25, 0.3) is 0 Å². The van der Waals surface area contributed by atoms with Gasteiger partial charge in [-0.2, -0.15) is 0 Å². The molecule has 0 bridgehead atoms. The highest BCUT2D eigenvalue weighted by molar-refractivity contribution is 6.30. The van der Waals surface area contributed by atoms with Crippen molar-refractivity contribution in [3.63, 3.8) is 0 Å². The minimum Gasteiger partial charge on any atom is -0.497 e. The number of nitrogens with one attached hydrogen (secondary N) is 2. The van der Waals surface area contributed by atoms with Crippen molar-refractivity contribution in [1.29, 1.82) is 0 Å². The topological polar surface area (TPSA) is 100.0 Å². The average molecular weight is 524 g/mol. The predicted molar refractivity (Wildman–Crippen MR) is 147 cm³/mol. The number of nitrogens with zero attached hydrogens (tertiary/aromatic N) is 3. The summed E-state index contributed by atoms with van der Waals surface area (Å²) in [7, 11) is 1.54. The van der Waals surface area contributed by atoms with Crippen molar-refractivity contribution in [2.45, 2.75) is 6.42 Å². The Morgan fingerprint density at radius 3 is 2.57 bits per heavy atom. The zero-order valence-corrected chi connectivity index (χ0v) is 21.4. The first kappa shape index (κ1) is 26.2. The summed E-state index contributed by atoms with van der Waals surface area (Å²) >= 11 is 6.12. The van der Waals surface area contributed by atoms with E-state index in [1.165, 1.54) is 6.07 Å². The fourth-order valence-corrected chi connectivity index (χ4v) is 4.49. The van der Waals surface area contributed by atoms with Crippen molar-refractivity contribution in [3.8, 4) is 5.75 Å². The Bertz CT molecular complexity index is 1250. The maximum atomic E-state index is 12.7. The SMILES string of the molecule is COc1cccc(NC(=O)c2ccc(NCCCN3CCN(c4cccc(Cl)c4)CC3)c([N+](=O)[O-])c2)c1. The van der Waals surface area contributed by atoms with Gasteiger partial charge in [0.2, 0.25) is 0 Å². The lowest BCUT2D eigenvalue weighted by atomic mass is 10.1. The zero-order chi connectivity index (χ0) is 26.2. The molecule has 2 N–H and O–H groups in total. The normalized spacial score (nSPS) is 13.7. The summed E-state index contributed by atoms with van der Waals surface area (Å²) in [5, 5.41) is 18.3. The number of ether oxygens (including phenoxy) is 1. The number of hydrogen-bond donors (Lipinski definition) is 2. The van der Waals surface area contributed by atoms with E-state index < -0.39 is 10.8 Å². The minimum atomic E-state index is -0.473. The Hall–Kier alpha value is -3.82. The quantitative estimate of drug-likeness (QED) is 0.216. The van der Waals surface area contributed by atoms with Crippen LogP contribution in [-0.2, 0) is 0 Å². The molecule has 0 atom stereocenters. The first-order valence-electron chi connectivity index (χ1n) is 12.1. The van der Waals surface area contributed by atoms with E-state index in [9.17, 15) is 14.9 Å². The summed E-state index contributed by atoms with van der Waals surface area (Å²) in [6.07, 6.45) is 0.840. The first-order chi connectivity index (χ1) is 17.9. The molecule has 1 amide bonds. The third kappa shape index (κ3) is 7.12. The standard InChI is InChI=1S/C27H30ClN5O4/c1-37-24-8-3-6-22(19-24)30-27(34)20-9-10-25(26(17-20)33(35)36)29-11-4-12-31-13-15-32(16-14-31)23-7-2-5-21(28)18-23/h2-3,5-10,17-19,29H,4,11-16H2,1H3,(H,30,34). The summed E-state index contributed by atoms with van der Waals surface area (Å²) in [6.45, 7) is 5.24. The number of carbonyl (C=O) groups excluding carboxylic acids is 1. The molecular weight excluding hydrogens is 494 g/mol. The van der Waals surface area contributed by atoms with Gasteiger partial charge in [0.1, 0.15) is 11.4 Å². The molecule has 3 aromatic carbocycles. The number of nitro groups is 1. The van der Waals surface area contributed by atoms with E-state index in [0.29, 0.717) is 23.7 Å². The number of benzene rings is 3. The smallest absolute Gasteiger partial charge is 0.293 e. The van der Waals surface area contributed by atoms with Crippen LogP contribution in [0.4, 0.5) is 22.7 Å². The summed E-state index contributed by atoms with van der Waals surface area (Å²) < 4.78 is 5.16. The maximum Gasteiger partial charge on any atom is 0.293 e. The second kappa shape index (κ2) is 12.4. The molecule has 9 nitrogen and oxygen atoms in total. The predicted octanol–water partition coefficient (Wildman–Crippen LogP) is 5.13. The summed E-state index contributed by atoms with van der Waals surface area (Å²) in [6, 6.07) is 19.3. The third-order valence-corrected chi connectivity index (χ3v) is 6.53. The minimum absolute atomic E-state index is 0.131. The molecule has 0 aliphatic carbocycles. The van der Waals surface area contributed by atoms with Crippen LogP contribution in [0, 0.1) is 10.1 Å². The Morgan fingerprint density at radius 1 is 1.05 bits per heavy atom. The number of carbonyl (C=O) groups is 1. The van der Waals surface area contributed by atoms with Gasteiger partial charge in [0.25, 0.3) is 11.6 Å². The van der Waals surface area contributed by atoms with Crippen molar-refractivity contribution in [2.75, 3.05) is 61.9 Å². The van der Waals surface area contributed by atoms with E-state index in [1.54, 1.807) is 43.5 Å². The Morgan fingerprint density at radius 2 is 1.84 bits per heavy atom. The van der Waals surface area contributed by atoms with Gasteiger partial charge in [-0.05, 0) is 55.4 Å². The van der Waals surface area contributed by atoms with Gasteiger partial charge in [-0.3, -0.25) is 19.8 Å². The number of hydrogen-bond acceptors (Lipinski definition) is 7. The molecule has 37 heavy (non-hydrogen) atoms. The molecule has 1 heterocycles. The van der Waals surface area contributed by atoms with Gasteiger partial charge in [0.15, 0.2) is 0 Å². The van der Waals surface area contributed by atoms with Gasteiger partial charge < -0.3 is 20.3 Å². The largest absolute Gasteiger partial charge is 0.497 e. The van der Waals surface area contributed by atoms with Crippen molar-refractivity contribution >= 4 is 40.3 Å². The van der Waals surface area contributed by atoms with Gasteiger partial charge in [0, 0.05) is 66.8 Å². The molecule has 0 aromatic heterocycles. The van der Waals surface area contributed by atoms with E-state index in [0.717, 1.165) is 49.9 Å². The lowest BCUT2D eigenvalue weighted by Gasteiger charge is -2.36. The van der Waals surface area contributed by atoms with Crippen LogP contribution in [0.3, 0.4) is 0 Å². The molecule has 1 fully saturated rings. The van der Waals surface area contributed by atoms with E-state index in [4.69, 9.17) is 16.3 Å². The van der Waals surface area contributed by atoms with Gasteiger partial charge in [-0.1, -0.05) is 23.7 Å². The third-order valence-electron chi connectivity index (χ3n) is 6.30. The maximum absolute atomic E-state index is 12.7. The number of anilines is 3. The molecule has 0 spiro atoms. The van der Waals surface area contributed by atoms with E-state index in [2.05, 4.69) is 26.5 Å². The molecule has 0 saturated carbocycles. The molecule has 3 aromatic rings. The van der Waals surface area contributed by atoms with Crippen molar-refractivity contribution in [3.05, 3.63) is 87.4 Å². The van der Waals surface area contributed by atoms with Gasteiger partial charge in [-0.25, -0.2) is 0 Å². The van der Waals surface area contributed by atoms with E-state index in [1.807, 2.05) is 18.2 Å². The van der Waals surface area contributed by atoms with E-state index >= 15 is 0 Å². The molecule has 194 valence electrons. The van der Waals surface area contributed by atoms with Gasteiger partial charge >= 0.3 is 0 Å². The number of nitro benzene ring substituents is 1. The molecule has 0 radical (unpaired) electrons. The van der Waals surface area contributed by atoms with Crippen LogP contribution in [-0.4, -0.2) is 62.1 Å². The van der Waals surface area contributed by atoms with Gasteiger partial charge in [-0.15, -0.1) is 0 Å². The average Bonchev–Trinajstić information content (AvgIpc) is 2.91. The Balaban J connectivity index is 1.27. The molecule has 4 rings (SSSR count). The molecule has 10 heteroatoms. The monoisotopic (exact) mass is 523 g/mol. The van der Waals surface area contributed by atoms with Crippen molar-refractivity contribution in [1.82, 2.24) is 4.90 Å². The van der Waals surface area contributed by atoms with Gasteiger partial charge in [0.05, 0.1) is 12.0 Å². The summed E-state index contributed by atoms with van der Waals surface area (Å²) in [5.41, 5.74) is 2.16. The molecule has 0 unspecified atom stereocenters. The highest BCUT2D eigenvalue weighted by Crippen LogP contribution is 2.27. The van der Waals surface area contributed by atoms with Crippen LogP contribution < -0.4 is 20.3 Å². The van der Waals surface area contributed by atoms with Crippen LogP contribution in [0.1, 0.15) is 16.8 Å². The van der Waals surface area contributed by atoms with Crippen molar-refractivity contribution < 1.29 is 14.5 Å². The Kier molecular flexibility index (Phi) is 8.81. The Labute approximate surface area is 221 Å². The number of rotatable bonds is 10. The molecule has 1 saturated heterocycles. The number of piperazine rings is 1. The summed E-state index contributed by atoms with van der Waals surface area (Å²) in [4.78, 5) is 28.6. The second-order valence-electron chi connectivity index (χ2n) is 8.76. The molecule has 1 aliphatic heterocycles.